The molecule has 0 saturated carbocycles. The number of benzene rings is 2. The van der Waals surface area contributed by atoms with Crippen LogP contribution < -0.4 is 0 Å². The number of aliphatic hydroxyl groups is 2. The fourth-order valence-electron chi connectivity index (χ4n) is 1.84. The van der Waals surface area contributed by atoms with Crippen molar-refractivity contribution in [3.05, 3.63) is 60.7 Å². The molecule has 0 aromatic heterocycles. The number of para-hydroxylation sites is 2. The van der Waals surface area contributed by atoms with Crippen molar-refractivity contribution in [1.29, 1.82) is 0 Å². The Bertz CT molecular complexity index is 630. The molecule has 0 aliphatic heterocycles. The fourth-order valence-corrected chi connectivity index (χ4v) is 1.84. The molecule has 0 radical (unpaired) electrons. The zero-order valence-electron chi connectivity index (χ0n) is 16.9. The highest BCUT2D eigenvalue weighted by Gasteiger charge is 2.38. The summed E-state index contributed by atoms with van der Waals surface area (Å²) in [5.74, 6) is -0.385. The predicted molar refractivity (Wildman–Crippen MR) is 109 cm³/mol. The molecule has 0 spiro atoms. The van der Waals surface area contributed by atoms with E-state index in [1.807, 2.05) is 12.1 Å². The second kappa shape index (κ2) is 12.0. The number of aliphatic carboxylic acids is 1. The lowest BCUT2D eigenvalue weighted by Crippen LogP contribution is -2.40. The zero-order valence-corrected chi connectivity index (χ0v) is 16.9. The lowest BCUT2D eigenvalue weighted by molar-refractivity contribution is -0.154. The van der Waals surface area contributed by atoms with Gasteiger partial charge in [-0.2, -0.15) is 0 Å². The molecule has 2 rings (SSSR count). The minimum atomic E-state index is -1.17. The molecule has 0 heterocycles. The van der Waals surface area contributed by atoms with Crippen molar-refractivity contribution >= 4 is 5.97 Å². The van der Waals surface area contributed by atoms with Crippen LogP contribution in [0.15, 0.2) is 60.7 Å². The zero-order chi connectivity index (χ0) is 21.8. The highest BCUT2D eigenvalue weighted by Crippen LogP contribution is 2.31. The number of aliphatic hydroxyl groups excluding tert-OH is 2. The molecule has 6 nitrogen and oxygen atoms in total. The lowest BCUT2D eigenvalue weighted by atomic mass is 9.77. The number of carbonyl (C=O) groups is 1. The molecule has 0 bridgehead atoms. The second-order valence-electron chi connectivity index (χ2n) is 7.74. The second-order valence-corrected chi connectivity index (χ2v) is 7.74. The Balaban J connectivity index is 0.000000431. The predicted octanol–water partition coefficient (Wildman–Crippen LogP) is 3.65. The summed E-state index contributed by atoms with van der Waals surface area (Å²) in [5, 5.41) is 44.8. The first-order valence-corrected chi connectivity index (χ1v) is 8.92. The normalized spacial score (nSPS) is 11.9. The molecule has 1 unspecified atom stereocenters. The Morgan fingerprint density at radius 3 is 1.43 bits per heavy atom. The molecule has 0 aliphatic carbocycles. The number of aromatic hydroxyl groups is 2. The number of hydrogen-bond acceptors (Lipinski definition) is 5. The van der Waals surface area contributed by atoms with Gasteiger partial charge in [0.25, 0.3) is 0 Å². The molecule has 28 heavy (non-hydrogen) atoms. The van der Waals surface area contributed by atoms with E-state index < -0.39 is 22.9 Å². The minimum absolute atomic E-state index is 0.0697. The Labute approximate surface area is 166 Å². The van der Waals surface area contributed by atoms with Crippen molar-refractivity contribution in [2.24, 2.45) is 10.8 Å². The first kappa shape index (κ1) is 25.4. The van der Waals surface area contributed by atoms with E-state index in [1.165, 1.54) is 13.8 Å². The fraction of sp³-hybridized carbons (Fsp3) is 0.409. The summed E-state index contributed by atoms with van der Waals surface area (Å²) in [7, 11) is 0. The van der Waals surface area contributed by atoms with Crippen LogP contribution in [0.2, 0.25) is 0 Å². The van der Waals surface area contributed by atoms with Crippen LogP contribution in [-0.4, -0.2) is 44.2 Å². The number of rotatable bonds is 5. The molecule has 0 amide bonds. The number of carboxylic acids is 1. The quantitative estimate of drug-likeness (QED) is 0.530. The first-order chi connectivity index (χ1) is 12.9. The molecule has 2 aromatic carbocycles. The van der Waals surface area contributed by atoms with Crippen LogP contribution in [-0.2, 0) is 4.79 Å². The van der Waals surface area contributed by atoms with Gasteiger partial charge in [0.2, 0.25) is 0 Å². The van der Waals surface area contributed by atoms with Crippen molar-refractivity contribution in [2.75, 3.05) is 6.61 Å². The molecule has 156 valence electrons. The van der Waals surface area contributed by atoms with E-state index in [2.05, 4.69) is 0 Å². The maximum absolute atomic E-state index is 10.8. The smallest absolute Gasteiger partial charge is 0.311 e. The summed E-state index contributed by atoms with van der Waals surface area (Å²) in [4.78, 5) is 10.8. The summed E-state index contributed by atoms with van der Waals surface area (Å²) >= 11 is 0. The van der Waals surface area contributed by atoms with Crippen LogP contribution in [0.3, 0.4) is 0 Å². The average Bonchev–Trinajstić information content (AvgIpc) is 2.63. The Kier molecular flexibility index (Phi) is 10.9. The van der Waals surface area contributed by atoms with Crippen LogP contribution in [0.5, 0.6) is 11.5 Å². The van der Waals surface area contributed by atoms with Crippen molar-refractivity contribution in [3.8, 4) is 11.5 Å². The van der Waals surface area contributed by atoms with Gasteiger partial charge in [-0.3, -0.25) is 4.79 Å². The highest BCUT2D eigenvalue weighted by molar-refractivity contribution is 5.74. The third-order valence-corrected chi connectivity index (χ3v) is 4.07. The van der Waals surface area contributed by atoms with Crippen molar-refractivity contribution in [1.82, 2.24) is 0 Å². The number of phenolic OH excluding ortho intramolecular Hbond substituents is 2. The highest BCUT2D eigenvalue weighted by atomic mass is 16.4. The molecule has 0 fully saturated rings. The lowest BCUT2D eigenvalue weighted by Gasteiger charge is -2.32. The summed E-state index contributed by atoms with van der Waals surface area (Å²) in [6.45, 7) is 6.46. The van der Waals surface area contributed by atoms with Gasteiger partial charge in [-0.05, 0) is 49.9 Å². The summed E-state index contributed by atoms with van der Waals surface area (Å²) in [6.07, 6.45) is -0.690. The van der Waals surface area contributed by atoms with Gasteiger partial charge in [0, 0.05) is 6.61 Å². The van der Waals surface area contributed by atoms with E-state index in [0.29, 0.717) is 11.5 Å². The number of phenols is 2. The molecule has 2 aromatic rings. The molecule has 1 atom stereocenters. The molecular weight excluding hydrogens is 360 g/mol. The topological polar surface area (TPSA) is 118 Å². The molecule has 0 aliphatic rings. The van der Waals surface area contributed by atoms with E-state index in [4.69, 9.17) is 20.4 Å². The van der Waals surface area contributed by atoms with Crippen LogP contribution >= 0.6 is 0 Å². The van der Waals surface area contributed by atoms with Crippen LogP contribution in [0.1, 0.15) is 34.1 Å². The third kappa shape index (κ3) is 10.5. The van der Waals surface area contributed by atoms with Gasteiger partial charge in [-0.25, -0.2) is 0 Å². The van der Waals surface area contributed by atoms with Gasteiger partial charge in [0.05, 0.1) is 11.5 Å². The number of carboxylic acid groups (broad SMARTS) is 1. The maximum Gasteiger partial charge on any atom is 0.311 e. The van der Waals surface area contributed by atoms with Gasteiger partial charge in [-0.15, -0.1) is 0 Å². The van der Waals surface area contributed by atoms with E-state index in [0.717, 1.165) is 0 Å². The maximum atomic E-state index is 10.8. The monoisotopic (exact) mass is 392 g/mol. The van der Waals surface area contributed by atoms with Crippen molar-refractivity contribution in [2.45, 2.75) is 40.2 Å². The Hall–Kier alpha value is -2.57. The molecular formula is C22H32O6. The summed E-state index contributed by atoms with van der Waals surface area (Å²) in [6, 6.07) is 17.4. The summed E-state index contributed by atoms with van der Waals surface area (Å²) < 4.78 is 0. The van der Waals surface area contributed by atoms with Gasteiger partial charge in [-0.1, -0.05) is 50.2 Å². The largest absolute Gasteiger partial charge is 0.508 e. The SMILES string of the molecule is CC(C)(CO)CC(O)C(C)(C)C(=O)O.Oc1ccccc1.Oc1ccccc1. The van der Waals surface area contributed by atoms with Gasteiger partial charge >= 0.3 is 5.97 Å². The average molecular weight is 392 g/mol. The first-order valence-electron chi connectivity index (χ1n) is 8.92. The standard InChI is InChI=1S/C10H20O4.2C6H6O/c1-9(2,6-11)5-7(12)10(3,4)8(13)14;2*7-6-4-2-1-3-5-6/h7,11-12H,5-6H2,1-4H3,(H,13,14);2*1-5,7H. The van der Waals surface area contributed by atoms with E-state index >= 15 is 0 Å². The van der Waals surface area contributed by atoms with Crippen LogP contribution in [0, 0.1) is 10.8 Å². The van der Waals surface area contributed by atoms with Crippen LogP contribution in [0.4, 0.5) is 0 Å². The van der Waals surface area contributed by atoms with Crippen LogP contribution in [0.25, 0.3) is 0 Å². The third-order valence-electron chi connectivity index (χ3n) is 4.07. The Morgan fingerprint density at radius 2 is 1.21 bits per heavy atom. The molecule has 6 heteroatoms. The number of hydrogen-bond donors (Lipinski definition) is 5. The Morgan fingerprint density at radius 1 is 0.857 bits per heavy atom. The molecule has 0 saturated heterocycles. The van der Waals surface area contributed by atoms with Crippen molar-refractivity contribution in [3.63, 3.8) is 0 Å². The minimum Gasteiger partial charge on any atom is -0.508 e. The van der Waals surface area contributed by atoms with E-state index in [-0.39, 0.29) is 13.0 Å². The van der Waals surface area contributed by atoms with E-state index in [1.54, 1.807) is 62.4 Å². The van der Waals surface area contributed by atoms with Gasteiger partial charge in [0.1, 0.15) is 11.5 Å². The van der Waals surface area contributed by atoms with Crippen molar-refractivity contribution < 1.29 is 30.3 Å². The summed E-state index contributed by atoms with van der Waals surface area (Å²) in [5.41, 5.74) is -1.63. The van der Waals surface area contributed by atoms with Gasteiger partial charge in [0.15, 0.2) is 0 Å². The van der Waals surface area contributed by atoms with Gasteiger partial charge < -0.3 is 25.5 Å². The van der Waals surface area contributed by atoms with E-state index in [9.17, 15) is 9.90 Å². The molecule has 5 N–H and O–H groups in total.